The lowest BCUT2D eigenvalue weighted by molar-refractivity contribution is -0.144. The van der Waals surface area contributed by atoms with Crippen LogP contribution in [0.5, 0.6) is 0 Å². The Bertz CT molecular complexity index is 674. The Labute approximate surface area is 121 Å². The predicted molar refractivity (Wildman–Crippen MR) is 66.6 cm³/mol. The van der Waals surface area contributed by atoms with Gasteiger partial charge in [-0.25, -0.2) is 14.8 Å². The second-order valence-corrected chi connectivity index (χ2v) is 4.18. The van der Waals surface area contributed by atoms with Gasteiger partial charge in [0.05, 0.1) is 23.4 Å². The quantitative estimate of drug-likeness (QED) is 0.797. The van der Waals surface area contributed by atoms with Gasteiger partial charge in [-0.2, -0.15) is 13.2 Å². The molecule has 21 heavy (non-hydrogen) atoms. The first-order valence-corrected chi connectivity index (χ1v) is 5.85. The molecule has 0 atom stereocenters. The minimum absolute atomic E-state index is 0.0454. The Morgan fingerprint density at radius 3 is 2.38 bits per heavy atom. The predicted octanol–water partition coefficient (Wildman–Crippen LogP) is 3.00. The second kappa shape index (κ2) is 5.65. The number of ether oxygens (including phenoxy) is 1. The number of methoxy groups -OCH3 is 1. The number of carbonyl (C=O) groups excluding carboxylic acids is 1. The Balaban J connectivity index is 2.45. The van der Waals surface area contributed by atoms with Crippen molar-refractivity contribution in [1.82, 2.24) is 15.0 Å². The Morgan fingerprint density at radius 2 is 1.86 bits per heavy atom. The van der Waals surface area contributed by atoms with Crippen LogP contribution in [0.4, 0.5) is 13.2 Å². The van der Waals surface area contributed by atoms with Gasteiger partial charge in [0.25, 0.3) is 0 Å². The number of aromatic nitrogens is 3. The van der Waals surface area contributed by atoms with Crippen molar-refractivity contribution < 1.29 is 22.7 Å². The van der Waals surface area contributed by atoms with Crippen LogP contribution in [-0.4, -0.2) is 28.0 Å². The molecule has 2 heterocycles. The zero-order valence-electron chi connectivity index (χ0n) is 10.5. The fourth-order valence-corrected chi connectivity index (χ4v) is 1.81. The van der Waals surface area contributed by atoms with Crippen molar-refractivity contribution in [2.45, 2.75) is 6.18 Å². The van der Waals surface area contributed by atoms with E-state index in [1.807, 2.05) is 0 Å². The van der Waals surface area contributed by atoms with E-state index in [1.54, 1.807) is 0 Å². The highest BCUT2D eigenvalue weighted by Gasteiger charge is 2.34. The zero-order chi connectivity index (χ0) is 15.6. The molecule has 110 valence electrons. The van der Waals surface area contributed by atoms with E-state index in [-0.39, 0.29) is 21.8 Å². The van der Waals surface area contributed by atoms with Gasteiger partial charge in [-0.15, -0.1) is 0 Å². The van der Waals surface area contributed by atoms with E-state index < -0.39 is 18.0 Å². The first-order valence-electron chi connectivity index (χ1n) is 5.47. The Morgan fingerprint density at radius 1 is 1.24 bits per heavy atom. The van der Waals surface area contributed by atoms with Gasteiger partial charge in [0.15, 0.2) is 0 Å². The topological polar surface area (TPSA) is 65.0 Å². The molecule has 0 aliphatic rings. The van der Waals surface area contributed by atoms with Gasteiger partial charge in [-0.05, 0) is 6.07 Å². The van der Waals surface area contributed by atoms with E-state index in [2.05, 4.69) is 19.7 Å². The van der Waals surface area contributed by atoms with E-state index >= 15 is 0 Å². The van der Waals surface area contributed by atoms with Gasteiger partial charge in [0, 0.05) is 24.2 Å². The van der Waals surface area contributed by atoms with Crippen LogP contribution in [-0.2, 0) is 10.9 Å². The standard InChI is InChI=1S/C12H7ClF3N3O2/c1-21-10(20)7-2-3-17-9(8(7)13)6-4-18-11(19-5-6)12(14,15)16/h2-5H,1H3. The molecule has 0 radical (unpaired) electrons. The Kier molecular flexibility index (Phi) is 4.08. The normalized spacial score (nSPS) is 11.3. The van der Waals surface area contributed by atoms with Crippen LogP contribution in [0.2, 0.25) is 5.02 Å². The summed E-state index contributed by atoms with van der Waals surface area (Å²) < 4.78 is 41.7. The summed E-state index contributed by atoms with van der Waals surface area (Å²) in [5, 5.41) is -0.0484. The lowest BCUT2D eigenvalue weighted by Crippen LogP contribution is -2.10. The first kappa shape index (κ1) is 15.2. The van der Waals surface area contributed by atoms with Gasteiger partial charge >= 0.3 is 12.1 Å². The first-order chi connectivity index (χ1) is 9.84. The summed E-state index contributed by atoms with van der Waals surface area (Å²) in [5.74, 6) is -1.96. The van der Waals surface area contributed by atoms with Crippen LogP contribution >= 0.6 is 11.6 Å². The number of alkyl halides is 3. The number of esters is 1. The maximum absolute atomic E-state index is 12.4. The largest absolute Gasteiger partial charge is 0.465 e. The van der Waals surface area contributed by atoms with E-state index in [0.717, 1.165) is 12.4 Å². The lowest BCUT2D eigenvalue weighted by Gasteiger charge is -2.08. The Hall–Kier alpha value is -2.22. The summed E-state index contributed by atoms with van der Waals surface area (Å²) in [6.45, 7) is 0. The van der Waals surface area contributed by atoms with Gasteiger partial charge < -0.3 is 4.74 Å². The number of carbonyl (C=O) groups is 1. The van der Waals surface area contributed by atoms with Crippen molar-refractivity contribution in [2.75, 3.05) is 7.11 Å². The van der Waals surface area contributed by atoms with E-state index in [9.17, 15) is 18.0 Å². The third-order valence-corrected chi connectivity index (χ3v) is 2.86. The van der Waals surface area contributed by atoms with Crippen molar-refractivity contribution in [3.05, 3.63) is 41.1 Å². The molecule has 0 spiro atoms. The average molecular weight is 318 g/mol. The van der Waals surface area contributed by atoms with E-state index in [1.165, 1.54) is 19.4 Å². The molecule has 0 amide bonds. The van der Waals surface area contributed by atoms with Crippen LogP contribution in [0.3, 0.4) is 0 Å². The number of nitrogens with zero attached hydrogens (tertiary/aromatic N) is 3. The third-order valence-electron chi connectivity index (χ3n) is 2.47. The maximum Gasteiger partial charge on any atom is 0.451 e. The molecule has 0 aliphatic carbocycles. The monoisotopic (exact) mass is 317 g/mol. The molecule has 0 aromatic carbocycles. The highest BCUT2D eigenvalue weighted by atomic mass is 35.5. The van der Waals surface area contributed by atoms with Crippen LogP contribution in [0.25, 0.3) is 11.3 Å². The van der Waals surface area contributed by atoms with Crippen LogP contribution in [0.15, 0.2) is 24.7 Å². The van der Waals surface area contributed by atoms with E-state index in [0.29, 0.717) is 0 Å². The molecule has 0 N–H and O–H groups in total. The van der Waals surface area contributed by atoms with Crippen molar-refractivity contribution in [1.29, 1.82) is 0 Å². The number of halogens is 4. The molecule has 0 saturated heterocycles. The summed E-state index contributed by atoms with van der Waals surface area (Å²) in [7, 11) is 1.18. The fraction of sp³-hybridized carbons (Fsp3) is 0.167. The smallest absolute Gasteiger partial charge is 0.451 e. The molecule has 2 aromatic heterocycles. The number of rotatable bonds is 2. The highest BCUT2D eigenvalue weighted by molar-refractivity contribution is 6.35. The molecule has 0 unspecified atom stereocenters. The van der Waals surface area contributed by atoms with E-state index in [4.69, 9.17) is 11.6 Å². The summed E-state index contributed by atoms with van der Waals surface area (Å²) in [6.07, 6.45) is -1.48. The van der Waals surface area contributed by atoms with Crippen molar-refractivity contribution in [3.8, 4) is 11.3 Å². The summed E-state index contributed by atoms with van der Waals surface area (Å²) >= 11 is 6.01. The van der Waals surface area contributed by atoms with Gasteiger partial charge in [-0.1, -0.05) is 11.6 Å². The molecule has 2 aromatic rings. The van der Waals surface area contributed by atoms with Crippen LogP contribution in [0.1, 0.15) is 16.2 Å². The SMILES string of the molecule is COC(=O)c1ccnc(-c2cnc(C(F)(F)F)nc2)c1Cl. The molecular formula is C12H7ClF3N3O2. The number of hydrogen-bond donors (Lipinski definition) is 0. The molecule has 9 heteroatoms. The minimum Gasteiger partial charge on any atom is -0.465 e. The second-order valence-electron chi connectivity index (χ2n) is 3.81. The lowest BCUT2D eigenvalue weighted by atomic mass is 10.1. The van der Waals surface area contributed by atoms with Gasteiger partial charge in [0.2, 0.25) is 5.82 Å². The maximum atomic E-state index is 12.4. The van der Waals surface area contributed by atoms with Crippen molar-refractivity contribution >= 4 is 17.6 Å². The number of hydrogen-bond acceptors (Lipinski definition) is 5. The zero-order valence-corrected chi connectivity index (χ0v) is 11.2. The molecule has 5 nitrogen and oxygen atoms in total. The summed E-state index contributed by atoms with van der Waals surface area (Å²) in [4.78, 5) is 21.8. The average Bonchev–Trinajstić information content (AvgIpc) is 2.46. The molecular weight excluding hydrogens is 311 g/mol. The third kappa shape index (κ3) is 3.10. The summed E-state index contributed by atoms with van der Waals surface area (Å²) in [5.41, 5.74) is 0.288. The molecule has 2 rings (SSSR count). The fourth-order valence-electron chi connectivity index (χ4n) is 1.51. The molecule has 0 fully saturated rings. The van der Waals surface area contributed by atoms with Crippen molar-refractivity contribution in [2.24, 2.45) is 0 Å². The molecule has 0 saturated carbocycles. The van der Waals surface area contributed by atoms with Gasteiger partial charge in [-0.3, -0.25) is 4.98 Å². The molecule has 0 aliphatic heterocycles. The summed E-state index contributed by atoms with van der Waals surface area (Å²) in [6, 6.07) is 1.34. The van der Waals surface area contributed by atoms with Crippen LogP contribution < -0.4 is 0 Å². The minimum atomic E-state index is -4.64. The highest BCUT2D eigenvalue weighted by Crippen LogP contribution is 2.30. The molecule has 0 bridgehead atoms. The van der Waals surface area contributed by atoms with Gasteiger partial charge in [0.1, 0.15) is 0 Å². The van der Waals surface area contributed by atoms with Crippen molar-refractivity contribution in [3.63, 3.8) is 0 Å². The van der Waals surface area contributed by atoms with Crippen LogP contribution in [0, 0.1) is 0 Å². The number of pyridine rings is 1.